The Kier molecular flexibility index (Phi) is 4.93. The predicted molar refractivity (Wildman–Crippen MR) is 82.8 cm³/mol. The number of nitrogens with zero attached hydrogens (tertiary/aromatic N) is 2. The van der Waals surface area contributed by atoms with E-state index < -0.39 is 0 Å². The van der Waals surface area contributed by atoms with Crippen LogP contribution in [-0.4, -0.2) is 18.6 Å². The van der Waals surface area contributed by atoms with Gasteiger partial charge in [-0.2, -0.15) is 11.3 Å². The minimum Gasteiger partial charge on any atom is -0.355 e. The van der Waals surface area contributed by atoms with Crippen LogP contribution in [0.5, 0.6) is 0 Å². The van der Waals surface area contributed by atoms with E-state index in [1.54, 1.807) is 11.3 Å². The van der Waals surface area contributed by atoms with Crippen LogP contribution in [0, 0.1) is 0 Å². The molecule has 0 aliphatic rings. The largest absolute Gasteiger partial charge is 0.355 e. The van der Waals surface area contributed by atoms with Crippen LogP contribution in [0.4, 0.5) is 5.82 Å². The van der Waals surface area contributed by atoms with Gasteiger partial charge < -0.3 is 10.2 Å². The molecule has 0 fully saturated rings. The van der Waals surface area contributed by atoms with Crippen LogP contribution < -0.4 is 10.2 Å². The molecular weight excluding hydrogens is 254 g/mol. The van der Waals surface area contributed by atoms with Crippen LogP contribution in [-0.2, 0) is 6.54 Å². The van der Waals surface area contributed by atoms with Crippen molar-refractivity contribution in [3.63, 3.8) is 0 Å². The molecule has 0 spiro atoms. The van der Waals surface area contributed by atoms with E-state index in [1.807, 2.05) is 12.3 Å². The van der Waals surface area contributed by atoms with E-state index in [4.69, 9.17) is 0 Å². The summed E-state index contributed by atoms with van der Waals surface area (Å²) in [6.07, 6.45) is 1.86. The third-order valence-corrected chi connectivity index (χ3v) is 3.89. The molecule has 1 N–H and O–H groups in total. The Morgan fingerprint density at radius 1 is 1.42 bits per heavy atom. The molecule has 19 heavy (non-hydrogen) atoms. The highest BCUT2D eigenvalue weighted by atomic mass is 32.1. The van der Waals surface area contributed by atoms with Gasteiger partial charge in [-0.1, -0.05) is 13.0 Å². The number of nitrogens with one attached hydrogen (secondary N) is 1. The first-order valence-electron chi connectivity index (χ1n) is 6.63. The third-order valence-electron chi connectivity index (χ3n) is 3.16. The second-order valence-electron chi connectivity index (χ2n) is 4.68. The lowest BCUT2D eigenvalue weighted by molar-refractivity contribution is 0.594. The summed E-state index contributed by atoms with van der Waals surface area (Å²) in [6, 6.07) is 6.64. The molecular formula is C15H21N3S. The van der Waals surface area contributed by atoms with E-state index in [1.165, 1.54) is 11.1 Å². The number of aromatic nitrogens is 1. The number of thiophene rings is 1. The molecule has 3 nitrogen and oxygen atoms in total. The fraction of sp³-hybridized carbons (Fsp3) is 0.400. The van der Waals surface area contributed by atoms with Crippen molar-refractivity contribution in [3.05, 3.63) is 46.3 Å². The molecule has 0 saturated heterocycles. The highest BCUT2D eigenvalue weighted by Gasteiger charge is 2.14. The van der Waals surface area contributed by atoms with Crippen molar-refractivity contribution in [2.24, 2.45) is 0 Å². The van der Waals surface area contributed by atoms with Gasteiger partial charge in [0.05, 0.1) is 0 Å². The number of hydrogen-bond acceptors (Lipinski definition) is 4. The molecule has 2 aromatic heterocycles. The van der Waals surface area contributed by atoms with Crippen LogP contribution in [0.15, 0.2) is 35.2 Å². The minimum atomic E-state index is 0.318. The maximum absolute atomic E-state index is 4.55. The second-order valence-corrected chi connectivity index (χ2v) is 5.46. The molecule has 1 unspecified atom stereocenters. The van der Waals surface area contributed by atoms with Crippen LogP contribution in [0.3, 0.4) is 0 Å². The van der Waals surface area contributed by atoms with Crippen molar-refractivity contribution in [1.82, 2.24) is 10.3 Å². The summed E-state index contributed by atoms with van der Waals surface area (Å²) in [4.78, 5) is 6.77. The standard InChI is InChI=1S/C15H21N3S/c1-4-16-12(2)14-6-5-8-17-15(14)18(3)10-13-7-9-19-11-13/h5-9,11-12,16H,4,10H2,1-3H3. The molecule has 0 aliphatic heterocycles. The fourth-order valence-electron chi connectivity index (χ4n) is 2.21. The summed E-state index contributed by atoms with van der Waals surface area (Å²) in [7, 11) is 2.10. The molecule has 1 atom stereocenters. The molecule has 102 valence electrons. The fourth-order valence-corrected chi connectivity index (χ4v) is 2.87. The van der Waals surface area contributed by atoms with E-state index in [-0.39, 0.29) is 0 Å². The van der Waals surface area contributed by atoms with E-state index in [9.17, 15) is 0 Å². The summed E-state index contributed by atoms with van der Waals surface area (Å²) in [5.74, 6) is 1.06. The number of pyridine rings is 1. The Morgan fingerprint density at radius 2 is 2.26 bits per heavy atom. The minimum absolute atomic E-state index is 0.318. The highest BCUT2D eigenvalue weighted by molar-refractivity contribution is 7.07. The molecule has 0 saturated carbocycles. The van der Waals surface area contributed by atoms with Gasteiger partial charge in [0.1, 0.15) is 5.82 Å². The van der Waals surface area contributed by atoms with Crippen molar-refractivity contribution in [2.45, 2.75) is 26.4 Å². The Labute approximate surface area is 119 Å². The first-order chi connectivity index (χ1) is 9.22. The molecule has 0 bridgehead atoms. The normalized spacial score (nSPS) is 12.4. The predicted octanol–water partition coefficient (Wildman–Crippen LogP) is 3.45. The zero-order valence-electron chi connectivity index (χ0n) is 11.8. The van der Waals surface area contributed by atoms with Crippen molar-refractivity contribution in [2.75, 3.05) is 18.5 Å². The van der Waals surface area contributed by atoms with Crippen molar-refractivity contribution >= 4 is 17.2 Å². The lowest BCUT2D eigenvalue weighted by Gasteiger charge is -2.23. The van der Waals surface area contributed by atoms with Gasteiger partial charge in [0.2, 0.25) is 0 Å². The summed E-state index contributed by atoms with van der Waals surface area (Å²) in [5, 5.41) is 7.75. The summed E-state index contributed by atoms with van der Waals surface area (Å²) in [6.45, 7) is 6.17. The molecule has 2 heterocycles. The van der Waals surface area contributed by atoms with Gasteiger partial charge in [0, 0.05) is 31.4 Å². The number of rotatable bonds is 6. The zero-order chi connectivity index (χ0) is 13.7. The van der Waals surface area contributed by atoms with Gasteiger partial charge in [-0.05, 0) is 41.9 Å². The summed E-state index contributed by atoms with van der Waals surface area (Å²) in [5.41, 5.74) is 2.59. The Hall–Kier alpha value is -1.39. The first kappa shape index (κ1) is 14.0. The smallest absolute Gasteiger partial charge is 0.133 e. The lowest BCUT2D eigenvalue weighted by Crippen LogP contribution is -2.24. The molecule has 0 amide bonds. The maximum atomic E-state index is 4.55. The Morgan fingerprint density at radius 3 is 2.95 bits per heavy atom. The number of hydrogen-bond donors (Lipinski definition) is 1. The molecule has 0 aromatic carbocycles. The molecule has 0 aliphatic carbocycles. The monoisotopic (exact) mass is 275 g/mol. The third kappa shape index (κ3) is 3.55. The summed E-state index contributed by atoms with van der Waals surface area (Å²) >= 11 is 1.74. The Bertz CT molecular complexity index is 496. The van der Waals surface area contributed by atoms with Gasteiger partial charge in [0.15, 0.2) is 0 Å². The van der Waals surface area contributed by atoms with Gasteiger partial charge >= 0.3 is 0 Å². The van der Waals surface area contributed by atoms with E-state index in [2.05, 4.69) is 59.0 Å². The van der Waals surface area contributed by atoms with Gasteiger partial charge in [-0.25, -0.2) is 4.98 Å². The molecule has 2 rings (SSSR count). The van der Waals surface area contributed by atoms with Gasteiger partial charge in [-0.3, -0.25) is 0 Å². The topological polar surface area (TPSA) is 28.2 Å². The molecule has 4 heteroatoms. The zero-order valence-corrected chi connectivity index (χ0v) is 12.6. The Balaban J connectivity index is 2.18. The van der Waals surface area contributed by atoms with Crippen molar-refractivity contribution < 1.29 is 0 Å². The molecule has 0 radical (unpaired) electrons. The van der Waals surface area contributed by atoms with Crippen molar-refractivity contribution in [1.29, 1.82) is 0 Å². The highest BCUT2D eigenvalue weighted by Crippen LogP contribution is 2.24. The van der Waals surface area contributed by atoms with Crippen LogP contribution in [0.25, 0.3) is 0 Å². The second kappa shape index (κ2) is 6.68. The summed E-state index contributed by atoms with van der Waals surface area (Å²) < 4.78 is 0. The number of anilines is 1. The quantitative estimate of drug-likeness (QED) is 0.875. The SMILES string of the molecule is CCNC(C)c1cccnc1N(C)Cc1ccsc1. The van der Waals surface area contributed by atoms with Gasteiger partial charge in [0.25, 0.3) is 0 Å². The first-order valence-corrected chi connectivity index (χ1v) is 7.57. The van der Waals surface area contributed by atoms with E-state index in [0.717, 1.165) is 18.9 Å². The average molecular weight is 275 g/mol. The van der Waals surface area contributed by atoms with Crippen molar-refractivity contribution in [3.8, 4) is 0 Å². The maximum Gasteiger partial charge on any atom is 0.133 e. The molecule has 2 aromatic rings. The van der Waals surface area contributed by atoms with E-state index in [0.29, 0.717) is 6.04 Å². The van der Waals surface area contributed by atoms with E-state index >= 15 is 0 Å². The van der Waals surface area contributed by atoms with Crippen LogP contribution in [0.1, 0.15) is 31.0 Å². The van der Waals surface area contributed by atoms with Gasteiger partial charge in [-0.15, -0.1) is 0 Å². The van der Waals surface area contributed by atoms with Crippen LogP contribution in [0.2, 0.25) is 0 Å². The van der Waals surface area contributed by atoms with Crippen LogP contribution >= 0.6 is 11.3 Å². The average Bonchev–Trinajstić information content (AvgIpc) is 2.92. The lowest BCUT2D eigenvalue weighted by atomic mass is 10.1.